The van der Waals surface area contributed by atoms with E-state index in [-0.39, 0.29) is 47.8 Å². The molecule has 0 bridgehead atoms. The molecule has 4 nitrogen and oxygen atoms in total. The monoisotopic (exact) mass is 409 g/mol. The fourth-order valence-corrected chi connectivity index (χ4v) is 2.85. The van der Waals surface area contributed by atoms with Crippen LogP contribution >= 0.6 is 24.0 Å². The van der Waals surface area contributed by atoms with Gasteiger partial charge in [-0.1, -0.05) is 0 Å². The Balaban J connectivity index is 0.00000161. The van der Waals surface area contributed by atoms with Gasteiger partial charge in [-0.05, 0) is 31.4 Å². The molecule has 1 aliphatic carbocycles. The Kier molecular flexibility index (Phi) is 5.37. The molecule has 21 heavy (non-hydrogen) atoms. The van der Waals surface area contributed by atoms with E-state index in [9.17, 15) is 8.78 Å². The molecule has 1 saturated heterocycles. The van der Waals surface area contributed by atoms with Gasteiger partial charge in [-0.15, -0.1) is 24.0 Å². The first-order valence-electron chi connectivity index (χ1n) is 6.80. The zero-order chi connectivity index (χ0) is 14.1. The standard InChI is InChI=1S/C14H17F2N3O.HI/c15-8-3-4-10(16)12(6-8)19-14(17)18-11-7-13-9(11)2-1-5-20-13;/h3-4,6,9,11,13H,1-2,5,7H2,(H3,17,18,19);1H. The Morgan fingerprint density at radius 1 is 1.38 bits per heavy atom. The van der Waals surface area contributed by atoms with E-state index in [1.807, 2.05) is 0 Å². The van der Waals surface area contributed by atoms with Crippen molar-refractivity contribution < 1.29 is 13.5 Å². The van der Waals surface area contributed by atoms with Crippen LogP contribution in [0, 0.1) is 17.6 Å². The average Bonchev–Trinajstić information content (AvgIpc) is 2.40. The second-order valence-electron chi connectivity index (χ2n) is 5.28. The highest BCUT2D eigenvalue weighted by atomic mass is 127. The average molecular weight is 409 g/mol. The van der Waals surface area contributed by atoms with Crippen LogP contribution in [0.3, 0.4) is 0 Å². The predicted molar refractivity (Wildman–Crippen MR) is 87.9 cm³/mol. The molecule has 116 valence electrons. The number of anilines is 1. The first-order valence-corrected chi connectivity index (χ1v) is 6.80. The number of benzene rings is 1. The maximum absolute atomic E-state index is 13.5. The Labute approximate surface area is 139 Å². The summed E-state index contributed by atoms with van der Waals surface area (Å²) < 4.78 is 32.1. The largest absolute Gasteiger partial charge is 0.378 e. The number of rotatable bonds is 2. The van der Waals surface area contributed by atoms with Crippen molar-refractivity contribution in [2.24, 2.45) is 16.6 Å². The van der Waals surface area contributed by atoms with E-state index in [0.717, 1.165) is 44.1 Å². The summed E-state index contributed by atoms with van der Waals surface area (Å²) >= 11 is 0. The molecule has 0 amide bonds. The predicted octanol–water partition coefficient (Wildman–Crippen LogP) is 2.88. The van der Waals surface area contributed by atoms with Gasteiger partial charge >= 0.3 is 0 Å². The maximum Gasteiger partial charge on any atom is 0.193 e. The normalized spacial score (nSPS) is 28.1. The molecular weight excluding hydrogens is 391 g/mol. The molecule has 2 aliphatic rings. The van der Waals surface area contributed by atoms with Crippen LogP contribution in [0.2, 0.25) is 0 Å². The lowest BCUT2D eigenvalue weighted by Gasteiger charge is -2.45. The van der Waals surface area contributed by atoms with Crippen molar-refractivity contribution in [2.75, 3.05) is 11.9 Å². The van der Waals surface area contributed by atoms with E-state index in [4.69, 9.17) is 10.5 Å². The number of hydrogen-bond acceptors (Lipinski definition) is 2. The molecule has 2 fully saturated rings. The van der Waals surface area contributed by atoms with Crippen molar-refractivity contribution in [3.05, 3.63) is 29.8 Å². The van der Waals surface area contributed by atoms with Crippen LogP contribution in [0.15, 0.2) is 23.2 Å². The van der Waals surface area contributed by atoms with Gasteiger partial charge in [0.1, 0.15) is 11.6 Å². The topological polar surface area (TPSA) is 59.6 Å². The lowest BCUT2D eigenvalue weighted by atomic mass is 9.73. The number of guanidine groups is 1. The molecule has 7 heteroatoms. The first-order chi connectivity index (χ1) is 9.63. The summed E-state index contributed by atoms with van der Waals surface area (Å²) in [7, 11) is 0. The van der Waals surface area contributed by atoms with Crippen LogP contribution in [0.1, 0.15) is 19.3 Å². The molecule has 0 aromatic heterocycles. The third-order valence-corrected chi connectivity index (χ3v) is 3.96. The van der Waals surface area contributed by atoms with Gasteiger partial charge < -0.3 is 15.8 Å². The van der Waals surface area contributed by atoms with Gasteiger partial charge in [0.2, 0.25) is 0 Å². The summed E-state index contributed by atoms with van der Waals surface area (Å²) in [6.07, 6.45) is 3.26. The van der Waals surface area contributed by atoms with Crippen LogP contribution in [-0.2, 0) is 4.74 Å². The van der Waals surface area contributed by atoms with Gasteiger partial charge in [0.15, 0.2) is 5.96 Å². The number of nitrogens with one attached hydrogen (secondary N) is 1. The second-order valence-corrected chi connectivity index (χ2v) is 5.28. The van der Waals surface area contributed by atoms with Crippen LogP contribution < -0.4 is 11.1 Å². The van der Waals surface area contributed by atoms with Gasteiger partial charge in [0.25, 0.3) is 0 Å². The van der Waals surface area contributed by atoms with E-state index in [1.54, 1.807) is 0 Å². The van der Waals surface area contributed by atoms with Crippen molar-refractivity contribution in [3.63, 3.8) is 0 Å². The molecule has 1 aromatic rings. The number of ether oxygens (including phenoxy) is 1. The highest BCUT2D eigenvalue weighted by Gasteiger charge is 2.43. The number of fused-ring (bicyclic) bond motifs is 1. The summed E-state index contributed by atoms with van der Waals surface area (Å²) in [6.45, 7) is 0.819. The smallest absolute Gasteiger partial charge is 0.193 e. The highest BCUT2D eigenvalue weighted by Crippen LogP contribution is 2.39. The molecule has 3 rings (SSSR count). The summed E-state index contributed by atoms with van der Waals surface area (Å²) in [5.74, 6) is -0.562. The minimum Gasteiger partial charge on any atom is -0.378 e. The van der Waals surface area contributed by atoms with E-state index < -0.39 is 11.6 Å². The van der Waals surface area contributed by atoms with Crippen molar-refractivity contribution >= 4 is 35.6 Å². The minimum absolute atomic E-state index is 0. The molecule has 1 aliphatic heterocycles. The molecule has 3 atom stereocenters. The number of nitrogens with zero attached hydrogens (tertiary/aromatic N) is 1. The van der Waals surface area contributed by atoms with E-state index in [0.29, 0.717) is 5.92 Å². The Morgan fingerprint density at radius 3 is 2.95 bits per heavy atom. The summed E-state index contributed by atoms with van der Waals surface area (Å²) in [5.41, 5.74) is 5.77. The SMILES string of the molecule is I.NC(=NC1CC2OCCCC12)Nc1cc(F)ccc1F. The van der Waals surface area contributed by atoms with Gasteiger partial charge in [0.05, 0.1) is 17.8 Å². The zero-order valence-corrected chi connectivity index (χ0v) is 13.7. The number of aliphatic imine (C=N–C) groups is 1. The summed E-state index contributed by atoms with van der Waals surface area (Å²) in [4.78, 5) is 4.35. The lowest BCUT2D eigenvalue weighted by Crippen LogP contribution is -2.49. The Bertz CT molecular complexity index is 541. The fourth-order valence-electron chi connectivity index (χ4n) is 2.85. The third-order valence-electron chi connectivity index (χ3n) is 3.96. The number of halogens is 3. The highest BCUT2D eigenvalue weighted by molar-refractivity contribution is 14.0. The second kappa shape index (κ2) is 6.87. The van der Waals surface area contributed by atoms with Crippen molar-refractivity contribution in [2.45, 2.75) is 31.4 Å². The molecule has 3 unspecified atom stereocenters. The van der Waals surface area contributed by atoms with Crippen molar-refractivity contribution in [1.29, 1.82) is 0 Å². The molecular formula is C14H18F2IN3O. The van der Waals surface area contributed by atoms with Crippen molar-refractivity contribution in [1.82, 2.24) is 0 Å². The van der Waals surface area contributed by atoms with Gasteiger partial charge in [0, 0.05) is 18.6 Å². The van der Waals surface area contributed by atoms with Crippen LogP contribution in [-0.4, -0.2) is 24.7 Å². The van der Waals surface area contributed by atoms with E-state index in [2.05, 4.69) is 10.3 Å². The van der Waals surface area contributed by atoms with Crippen LogP contribution in [0.25, 0.3) is 0 Å². The summed E-state index contributed by atoms with van der Waals surface area (Å²) in [6, 6.07) is 3.29. The first kappa shape index (κ1) is 16.4. The van der Waals surface area contributed by atoms with E-state index >= 15 is 0 Å². The number of nitrogens with two attached hydrogens (primary N) is 1. The van der Waals surface area contributed by atoms with Crippen LogP contribution in [0.5, 0.6) is 0 Å². The quantitative estimate of drug-likeness (QED) is 0.449. The van der Waals surface area contributed by atoms with Gasteiger partial charge in [-0.2, -0.15) is 0 Å². The van der Waals surface area contributed by atoms with Gasteiger partial charge in [-0.3, -0.25) is 0 Å². The molecule has 1 aromatic carbocycles. The Hall–Kier alpha value is -0.960. The van der Waals surface area contributed by atoms with E-state index in [1.165, 1.54) is 0 Å². The summed E-state index contributed by atoms with van der Waals surface area (Å²) in [5, 5.41) is 2.62. The molecule has 0 spiro atoms. The fraction of sp³-hybridized carbons (Fsp3) is 0.500. The van der Waals surface area contributed by atoms with Crippen molar-refractivity contribution in [3.8, 4) is 0 Å². The Morgan fingerprint density at radius 2 is 2.19 bits per heavy atom. The third kappa shape index (κ3) is 3.63. The molecule has 3 N–H and O–H groups in total. The number of hydrogen-bond donors (Lipinski definition) is 2. The molecule has 1 heterocycles. The van der Waals surface area contributed by atoms with Crippen LogP contribution in [0.4, 0.5) is 14.5 Å². The maximum atomic E-state index is 13.5. The molecule has 0 radical (unpaired) electrons. The lowest BCUT2D eigenvalue weighted by molar-refractivity contribution is -0.0937. The minimum atomic E-state index is -0.558. The molecule has 1 saturated carbocycles. The zero-order valence-electron chi connectivity index (χ0n) is 11.4. The van der Waals surface area contributed by atoms with Gasteiger partial charge in [-0.25, -0.2) is 13.8 Å².